The third-order valence-corrected chi connectivity index (χ3v) is 2.05. The molecule has 0 atom stereocenters. The van der Waals surface area contributed by atoms with Crippen molar-refractivity contribution >= 4 is 12.4 Å². The molecule has 0 unspecified atom stereocenters. The van der Waals surface area contributed by atoms with E-state index in [-0.39, 0.29) is 0 Å². The van der Waals surface area contributed by atoms with Gasteiger partial charge in [-0.25, -0.2) is 0 Å². The van der Waals surface area contributed by atoms with Gasteiger partial charge in [0, 0.05) is 0 Å². The Morgan fingerprint density at radius 3 is 2.44 bits per heavy atom. The lowest BCUT2D eigenvalue weighted by atomic mass is 9.79. The summed E-state index contributed by atoms with van der Waals surface area (Å²) in [5.74, 6) is 0.465. The fourth-order valence-electron chi connectivity index (χ4n) is 1.24. The summed E-state index contributed by atoms with van der Waals surface area (Å²) in [5, 5.41) is 0. The molecular formula is C11H13BF3O-. The van der Waals surface area contributed by atoms with Crippen LogP contribution in [0.5, 0.6) is 5.75 Å². The highest BCUT2D eigenvalue weighted by Gasteiger charge is 2.25. The van der Waals surface area contributed by atoms with Crippen molar-refractivity contribution in [3.8, 4) is 5.75 Å². The Kier molecular flexibility index (Phi) is 3.68. The summed E-state index contributed by atoms with van der Waals surface area (Å²) in [6.45, 7) is 2.43. The van der Waals surface area contributed by atoms with Gasteiger partial charge in [0.25, 0.3) is 0 Å². The molecule has 0 aliphatic carbocycles. The molecule has 0 N–H and O–H groups in total. The van der Waals surface area contributed by atoms with Crippen molar-refractivity contribution in [2.24, 2.45) is 0 Å². The van der Waals surface area contributed by atoms with Crippen LogP contribution in [0.25, 0.3) is 0 Å². The second-order valence-corrected chi connectivity index (χ2v) is 3.85. The minimum atomic E-state index is -4.94. The third-order valence-electron chi connectivity index (χ3n) is 2.05. The van der Waals surface area contributed by atoms with Crippen LogP contribution in [0, 0.1) is 6.92 Å². The zero-order valence-corrected chi connectivity index (χ0v) is 9.27. The van der Waals surface area contributed by atoms with E-state index in [0.717, 1.165) is 17.7 Å². The SMILES string of the molecule is C=C(C)COc1ccc([B-](F)(F)F)cc1C. The lowest BCUT2D eigenvalue weighted by molar-refractivity contribution is 0.350. The predicted octanol–water partition coefficient (Wildman–Crippen LogP) is 3.00. The molecule has 1 aromatic carbocycles. The minimum Gasteiger partial charge on any atom is -0.489 e. The van der Waals surface area contributed by atoms with Gasteiger partial charge in [0.1, 0.15) is 12.4 Å². The topological polar surface area (TPSA) is 9.23 Å². The highest BCUT2D eigenvalue weighted by molar-refractivity contribution is 6.73. The molecule has 1 aromatic rings. The summed E-state index contributed by atoms with van der Waals surface area (Å²) in [7, 11) is 0. The number of hydrogen-bond donors (Lipinski definition) is 0. The van der Waals surface area contributed by atoms with E-state index in [9.17, 15) is 12.9 Å². The number of rotatable bonds is 4. The minimum absolute atomic E-state index is 0.317. The van der Waals surface area contributed by atoms with Gasteiger partial charge in [-0.05, 0) is 31.1 Å². The quantitative estimate of drug-likeness (QED) is 0.569. The van der Waals surface area contributed by atoms with Crippen LogP contribution in [-0.4, -0.2) is 13.6 Å². The summed E-state index contributed by atoms with van der Waals surface area (Å²) >= 11 is 0. The molecule has 0 aromatic heterocycles. The van der Waals surface area contributed by atoms with Gasteiger partial charge in [-0.3, -0.25) is 0 Å². The molecule has 0 radical (unpaired) electrons. The van der Waals surface area contributed by atoms with Crippen molar-refractivity contribution in [3.63, 3.8) is 0 Å². The van der Waals surface area contributed by atoms with Crippen LogP contribution in [0.3, 0.4) is 0 Å². The second-order valence-electron chi connectivity index (χ2n) is 3.85. The zero-order chi connectivity index (χ0) is 12.3. The number of hydrogen-bond acceptors (Lipinski definition) is 1. The predicted molar refractivity (Wildman–Crippen MR) is 60.2 cm³/mol. The normalized spacial score (nSPS) is 11.3. The lowest BCUT2D eigenvalue weighted by Crippen LogP contribution is -2.34. The van der Waals surface area contributed by atoms with Gasteiger partial charge in [-0.15, -0.1) is 5.46 Å². The first-order valence-corrected chi connectivity index (χ1v) is 4.88. The Hall–Kier alpha value is -1.39. The monoisotopic (exact) mass is 229 g/mol. The van der Waals surface area contributed by atoms with Gasteiger partial charge in [0.2, 0.25) is 0 Å². The van der Waals surface area contributed by atoms with Crippen LogP contribution in [-0.2, 0) is 0 Å². The smallest absolute Gasteiger partial charge is 0.489 e. The molecule has 0 spiro atoms. The molecule has 0 aliphatic rings. The summed E-state index contributed by atoms with van der Waals surface area (Å²) in [6, 6.07) is 3.50. The van der Waals surface area contributed by atoms with Crippen LogP contribution in [0.4, 0.5) is 12.9 Å². The Labute approximate surface area is 93.0 Å². The second kappa shape index (κ2) is 4.64. The standard InChI is InChI=1S/C11H13BF3O/c1-8(2)7-16-11-5-4-10(6-9(11)3)12(13,14)15/h4-6H,1,7H2,2-3H3/q-1. The summed E-state index contributed by atoms with van der Waals surface area (Å²) < 4.78 is 42.6. The van der Waals surface area contributed by atoms with Crippen LogP contribution in [0.2, 0.25) is 0 Å². The molecule has 0 bridgehead atoms. The average molecular weight is 229 g/mol. The van der Waals surface area contributed by atoms with Gasteiger partial charge in [-0.1, -0.05) is 18.7 Å². The molecular weight excluding hydrogens is 216 g/mol. The van der Waals surface area contributed by atoms with Crippen LogP contribution in [0.15, 0.2) is 30.4 Å². The largest absolute Gasteiger partial charge is 0.509 e. The molecule has 16 heavy (non-hydrogen) atoms. The number of halogens is 3. The Bertz CT molecular complexity index is 399. The Morgan fingerprint density at radius 1 is 1.38 bits per heavy atom. The number of ether oxygens (including phenoxy) is 1. The third kappa shape index (κ3) is 3.33. The highest BCUT2D eigenvalue weighted by atomic mass is 19.4. The summed E-state index contributed by atoms with van der Waals surface area (Å²) in [6.07, 6.45) is 0. The van der Waals surface area contributed by atoms with Gasteiger partial charge >= 0.3 is 6.98 Å². The molecule has 1 nitrogen and oxygen atoms in total. The van der Waals surface area contributed by atoms with Crippen molar-refractivity contribution < 1.29 is 17.7 Å². The number of aryl methyl sites for hydroxylation is 1. The summed E-state index contributed by atoms with van der Waals surface area (Å²) in [5.41, 5.74) is 0.710. The fourth-order valence-corrected chi connectivity index (χ4v) is 1.24. The lowest BCUT2D eigenvalue weighted by Gasteiger charge is -2.17. The summed E-state index contributed by atoms with van der Waals surface area (Å²) in [4.78, 5) is 0. The van der Waals surface area contributed by atoms with E-state index in [4.69, 9.17) is 4.74 Å². The first kappa shape index (κ1) is 12.7. The van der Waals surface area contributed by atoms with E-state index < -0.39 is 12.4 Å². The van der Waals surface area contributed by atoms with E-state index in [1.54, 1.807) is 13.8 Å². The molecule has 1 rings (SSSR count). The molecule has 0 amide bonds. The van der Waals surface area contributed by atoms with Crippen LogP contribution in [0.1, 0.15) is 12.5 Å². The maximum atomic E-state index is 12.4. The van der Waals surface area contributed by atoms with Crippen molar-refractivity contribution in [1.29, 1.82) is 0 Å². The maximum absolute atomic E-state index is 12.4. The van der Waals surface area contributed by atoms with E-state index in [2.05, 4.69) is 6.58 Å². The van der Waals surface area contributed by atoms with Gasteiger partial charge in [0.05, 0.1) is 0 Å². The van der Waals surface area contributed by atoms with Crippen molar-refractivity contribution in [2.45, 2.75) is 13.8 Å². The molecule has 88 valence electrons. The van der Waals surface area contributed by atoms with Gasteiger partial charge in [-0.2, -0.15) is 0 Å². The van der Waals surface area contributed by atoms with Crippen molar-refractivity contribution in [2.75, 3.05) is 6.61 Å². The van der Waals surface area contributed by atoms with E-state index in [1.807, 2.05) is 0 Å². The molecule has 0 fully saturated rings. The first-order valence-electron chi connectivity index (χ1n) is 4.88. The van der Waals surface area contributed by atoms with Crippen molar-refractivity contribution in [3.05, 3.63) is 35.9 Å². The molecule has 0 heterocycles. The maximum Gasteiger partial charge on any atom is 0.509 e. The van der Waals surface area contributed by atoms with E-state index >= 15 is 0 Å². The van der Waals surface area contributed by atoms with E-state index in [1.165, 1.54) is 6.07 Å². The van der Waals surface area contributed by atoms with Crippen LogP contribution < -0.4 is 10.2 Å². The highest BCUT2D eigenvalue weighted by Crippen LogP contribution is 2.19. The van der Waals surface area contributed by atoms with Crippen molar-refractivity contribution in [1.82, 2.24) is 0 Å². The first-order chi connectivity index (χ1) is 7.30. The van der Waals surface area contributed by atoms with E-state index in [0.29, 0.717) is 17.9 Å². The average Bonchev–Trinajstić information content (AvgIpc) is 2.14. The Balaban J connectivity index is 2.88. The number of benzene rings is 1. The fraction of sp³-hybridized carbons (Fsp3) is 0.273. The molecule has 0 saturated heterocycles. The Morgan fingerprint density at radius 2 is 2.00 bits per heavy atom. The van der Waals surface area contributed by atoms with Crippen LogP contribution >= 0.6 is 0 Å². The zero-order valence-electron chi connectivity index (χ0n) is 9.27. The molecule has 0 saturated carbocycles. The van der Waals surface area contributed by atoms with Gasteiger partial charge < -0.3 is 17.7 Å². The molecule has 5 heteroatoms. The van der Waals surface area contributed by atoms with Gasteiger partial charge in [0.15, 0.2) is 0 Å². The molecule has 0 aliphatic heterocycles.